The first-order valence-corrected chi connectivity index (χ1v) is 6.85. The van der Waals surface area contributed by atoms with E-state index in [-0.39, 0.29) is 22.8 Å². The highest BCUT2D eigenvalue weighted by atomic mass is 79.9. The third-order valence-electron chi connectivity index (χ3n) is 2.59. The van der Waals surface area contributed by atoms with Crippen LogP contribution in [0.25, 0.3) is 0 Å². The van der Waals surface area contributed by atoms with Crippen LogP contribution in [0.2, 0.25) is 0 Å². The van der Waals surface area contributed by atoms with Crippen molar-refractivity contribution in [2.75, 3.05) is 13.1 Å². The molecule has 6 heteroatoms. The van der Waals surface area contributed by atoms with E-state index in [1.165, 1.54) is 11.3 Å². The Kier molecular flexibility index (Phi) is 4.06. The van der Waals surface area contributed by atoms with Crippen molar-refractivity contribution >= 4 is 51.0 Å². The summed E-state index contributed by atoms with van der Waals surface area (Å²) in [6.45, 7) is 1.78. The number of Topliss-reactive ketones (excluding diaryl/α,β-unsaturated/α-hetero) is 1. The van der Waals surface area contributed by atoms with Gasteiger partial charge in [0.15, 0.2) is 11.0 Å². The highest BCUT2D eigenvalue weighted by Crippen LogP contribution is 2.31. The lowest BCUT2D eigenvalue weighted by Gasteiger charge is -2.15. The molecule has 1 aromatic heterocycles. The van der Waals surface area contributed by atoms with E-state index in [9.17, 15) is 4.79 Å². The second kappa shape index (κ2) is 5.37. The lowest BCUT2D eigenvalue weighted by Crippen LogP contribution is -2.22. The van der Waals surface area contributed by atoms with E-state index in [2.05, 4.69) is 9.89 Å². The molecule has 2 aliphatic rings. The molecule has 2 aliphatic heterocycles. The standard InChI is InChI=1S/C11H10N2OS2.BrH/c14-9(10-2-1-5-15-10)6-8-7-16-11-12-3-4-13(8)11;/h1-2,5,7H,3-4,6H2;1H. The number of aliphatic imine (C=N–C) groups is 1. The van der Waals surface area contributed by atoms with Crippen molar-refractivity contribution in [1.82, 2.24) is 4.90 Å². The highest BCUT2D eigenvalue weighted by molar-refractivity contribution is 8.93. The van der Waals surface area contributed by atoms with E-state index in [0.29, 0.717) is 6.42 Å². The summed E-state index contributed by atoms with van der Waals surface area (Å²) in [4.78, 5) is 19.3. The molecule has 90 valence electrons. The summed E-state index contributed by atoms with van der Waals surface area (Å²) in [7, 11) is 0. The summed E-state index contributed by atoms with van der Waals surface area (Å²) in [5.74, 6) is 0.204. The van der Waals surface area contributed by atoms with Gasteiger partial charge in [-0.15, -0.1) is 28.3 Å². The zero-order valence-corrected chi connectivity index (χ0v) is 12.3. The summed E-state index contributed by atoms with van der Waals surface area (Å²) < 4.78 is 0. The average Bonchev–Trinajstić information content (AvgIpc) is 2.94. The lowest BCUT2D eigenvalue weighted by molar-refractivity contribution is 0.0992. The topological polar surface area (TPSA) is 32.7 Å². The number of thiophene rings is 1. The van der Waals surface area contributed by atoms with Gasteiger partial charge in [-0.2, -0.15) is 0 Å². The van der Waals surface area contributed by atoms with Crippen LogP contribution in [-0.2, 0) is 0 Å². The molecule has 0 aromatic carbocycles. The maximum absolute atomic E-state index is 11.9. The third-order valence-corrected chi connectivity index (χ3v) is 4.45. The van der Waals surface area contributed by atoms with Crippen LogP contribution in [0.5, 0.6) is 0 Å². The van der Waals surface area contributed by atoms with Crippen molar-refractivity contribution in [3.63, 3.8) is 0 Å². The Morgan fingerprint density at radius 2 is 2.41 bits per heavy atom. The number of allylic oxidation sites excluding steroid dienone is 1. The fraction of sp³-hybridized carbons (Fsp3) is 0.273. The Bertz CT molecular complexity index is 482. The second-order valence-corrected chi connectivity index (χ2v) is 5.40. The van der Waals surface area contributed by atoms with Gasteiger partial charge in [-0.3, -0.25) is 9.79 Å². The van der Waals surface area contributed by atoms with E-state index in [4.69, 9.17) is 0 Å². The first-order chi connectivity index (χ1) is 7.84. The molecule has 0 N–H and O–H groups in total. The van der Waals surface area contributed by atoms with Gasteiger partial charge in [0.1, 0.15) is 0 Å². The quantitative estimate of drug-likeness (QED) is 0.798. The molecule has 0 unspecified atom stereocenters. The van der Waals surface area contributed by atoms with E-state index in [1.54, 1.807) is 11.8 Å². The van der Waals surface area contributed by atoms with Crippen LogP contribution in [0.3, 0.4) is 0 Å². The molecule has 0 spiro atoms. The summed E-state index contributed by atoms with van der Waals surface area (Å²) in [6.07, 6.45) is 0.493. The number of fused-ring (bicyclic) bond motifs is 1. The predicted molar refractivity (Wildman–Crippen MR) is 78.3 cm³/mol. The first kappa shape index (κ1) is 12.9. The second-order valence-electron chi connectivity index (χ2n) is 3.62. The van der Waals surface area contributed by atoms with E-state index in [0.717, 1.165) is 28.8 Å². The molecule has 17 heavy (non-hydrogen) atoms. The van der Waals surface area contributed by atoms with Crippen LogP contribution in [0.15, 0.2) is 33.6 Å². The molecule has 0 saturated heterocycles. The summed E-state index contributed by atoms with van der Waals surface area (Å²) in [5, 5.41) is 5.03. The summed E-state index contributed by atoms with van der Waals surface area (Å²) in [5.41, 5.74) is 1.10. The molecular formula is C11H11BrN2OS2. The molecule has 1 aromatic rings. The van der Waals surface area contributed by atoms with Crippen LogP contribution < -0.4 is 0 Å². The number of hydrogen-bond acceptors (Lipinski definition) is 5. The van der Waals surface area contributed by atoms with Gasteiger partial charge in [0.05, 0.1) is 17.8 Å². The van der Waals surface area contributed by atoms with Gasteiger partial charge in [-0.1, -0.05) is 17.8 Å². The van der Waals surface area contributed by atoms with Gasteiger partial charge >= 0.3 is 0 Å². The Morgan fingerprint density at radius 1 is 1.53 bits per heavy atom. The largest absolute Gasteiger partial charge is 0.322 e. The highest BCUT2D eigenvalue weighted by Gasteiger charge is 2.27. The van der Waals surface area contributed by atoms with Crippen LogP contribution in [0.1, 0.15) is 16.1 Å². The van der Waals surface area contributed by atoms with Gasteiger partial charge in [0, 0.05) is 12.2 Å². The number of thioether (sulfide) groups is 1. The molecule has 0 aliphatic carbocycles. The number of carbonyl (C=O) groups excluding carboxylic acids is 1. The Morgan fingerprint density at radius 3 is 3.18 bits per heavy atom. The van der Waals surface area contributed by atoms with E-state index >= 15 is 0 Å². The predicted octanol–water partition coefficient (Wildman–Crippen LogP) is 3.16. The molecule has 0 amide bonds. The Labute approximate surface area is 118 Å². The average molecular weight is 331 g/mol. The number of carbonyl (C=O) groups is 1. The fourth-order valence-electron chi connectivity index (χ4n) is 1.80. The molecule has 0 fully saturated rings. The van der Waals surface area contributed by atoms with Crippen molar-refractivity contribution in [2.24, 2.45) is 4.99 Å². The molecular weight excluding hydrogens is 320 g/mol. The van der Waals surface area contributed by atoms with Crippen molar-refractivity contribution < 1.29 is 4.79 Å². The Balaban J connectivity index is 0.00000108. The zero-order chi connectivity index (χ0) is 11.0. The number of rotatable bonds is 3. The summed E-state index contributed by atoms with van der Waals surface area (Å²) >= 11 is 3.13. The fourth-order valence-corrected chi connectivity index (χ4v) is 3.42. The number of amidine groups is 1. The van der Waals surface area contributed by atoms with Gasteiger partial charge < -0.3 is 4.90 Å². The molecule has 0 atom stereocenters. The van der Waals surface area contributed by atoms with E-state index < -0.39 is 0 Å². The number of ketones is 1. The minimum absolute atomic E-state index is 0. The number of hydrogen-bond donors (Lipinski definition) is 0. The van der Waals surface area contributed by atoms with Crippen LogP contribution >= 0.6 is 40.1 Å². The third kappa shape index (κ3) is 2.48. The van der Waals surface area contributed by atoms with Crippen molar-refractivity contribution in [1.29, 1.82) is 0 Å². The minimum atomic E-state index is 0. The smallest absolute Gasteiger partial charge is 0.178 e. The maximum atomic E-state index is 11.9. The van der Waals surface area contributed by atoms with Crippen molar-refractivity contribution in [3.8, 4) is 0 Å². The lowest BCUT2D eigenvalue weighted by atomic mass is 10.2. The monoisotopic (exact) mass is 330 g/mol. The van der Waals surface area contributed by atoms with Crippen molar-refractivity contribution in [3.05, 3.63) is 33.5 Å². The van der Waals surface area contributed by atoms with Gasteiger partial charge in [0.25, 0.3) is 0 Å². The summed E-state index contributed by atoms with van der Waals surface area (Å²) in [6, 6.07) is 3.80. The maximum Gasteiger partial charge on any atom is 0.178 e. The van der Waals surface area contributed by atoms with Crippen LogP contribution in [0.4, 0.5) is 0 Å². The Hall–Kier alpha value is -0.590. The molecule has 3 nitrogen and oxygen atoms in total. The number of nitrogens with zero attached hydrogens (tertiary/aromatic N) is 2. The first-order valence-electron chi connectivity index (χ1n) is 5.09. The zero-order valence-electron chi connectivity index (χ0n) is 8.96. The van der Waals surface area contributed by atoms with Gasteiger partial charge in [-0.25, -0.2) is 0 Å². The molecule has 0 bridgehead atoms. The van der Waals surface area contributed by atoms with Gasteiger partial charge in [-0.05, 0) is 16.9 Å². The number of halogens is 1. The molecule has 3 heterocycles. The SMILES string of the molecule is Br.O=C(CC1=CSC2=NCCN12)c1cccs1. The van der Waals surface area contributed by atoms with Gasteiger partial charge in [0.2, 0.25) is 0 Å². The molecule has 0 radical (unpaired) electrons. The van der Waals surface area contributed by atoms with Crippen LogP contribution in [0, 0.1) is 0 Å². The normalized spacial score (nSPS) is 17.3. The molecule has 0 saturated carbocycles. The van der Waals surface area contributed by atoms with E-state index in [1.807, 2.05) is 22.9 Å². The van der Waals surface area contributed by atoms with Crippen molar-refractivity contribution in [2.45, 2.75) is 6.42 Å². The van der Waals surface area contributed by atoms with Crippen LogP contribution in [-0.4, -0.2) is 28.9 Å². The minimum Gasteiger partial charge on any atom is -0.322 e. The molecule has 3 rings (SSSR count).